The summed E-state index contributed by atoms with van der Waals surface area (Å²) in [6.45, 7) is 7.64. The highest BCUT2D eigenvalue weighted by Gasteiger charge is 2.28. The summed E-state index contributed by atoms with van der Waals surface area (Å²) in [5.41, 5.74) is 0.487. The maximum absolute atomic E-state index is 13.5. The number of methoxy groups -OCH3 is 1. The Kier molecular flexibility index (Phi) is 8.32. The Morgan fingerprint density at radius 1 is 1.23 bits per heavy atom. The molecule has 2 aromatic rings. The summed E-state index contributed by atoms with van der Waals surface area (Å²) in [4.78, 5) is 12.7. The summed E-state index contributed by atoms with van der Waals surface area (Å²) in [6, 6.07) is 10.9. The van der Waals surface area contributed by atoms with Gasteiger partial charge in [0.15, 0.2) is 0 Å². The normalized spacial score (nSPS) is 11.2. The number of nitrogens with one attached hydrogen (secondary N) is 1. The summed E-state index contributed by atoms with van der Waals surface area (Å²) >= 11 is 6.21. The van der Waals surface area contributed by atoms with Gasteiger partial charge in [-0.25, -0.2) is 8.42 Å². The molecular formula is C22H27ClN2O4S. The highest BCUT2D eigenvalue weighted by Crippen LogP contribution is 2.33. The zero-order valence-corrected chi connectivity index (χ0v) is 19.0. The maximum Gasteiger partial charge on any atom is 0.264 e. The molecule has 0 aliphatic carbocycles. The van der Waals surface area contributed by atoms with E-state index in [0.29, 0.717) is 11.4 Å². The lowest BCUT2D eigenvalue weighted by atomic mass is 10.1. The van der Waals surface area contributed by atoms with Crippen molar-refractivity contribution < 1.29 is 17.9 Å². The van der Waals surface area contributed by atoms with Crippen molar-refractivity contribution in [3.05, 3.63) is 65.7 Å². The second-order valence-corrected chi connectivity index (χ2v) is 8.89. The van der Waals surface area contributed by atoms with Crippen LogP contribution in [-0.4, -0.2) is 34.0 Å². The summed E-state index contributed by atoms with van der Waals surface area (Å²) in [5, 5.41) is 3.07. The van der Waals surface area contributed by atoms with Crippen LogP contribution >= 0.6 is 11.6 Å². The highest BCUT2D eigenvalue weighted by molar-refractivity contribution is 7.92. The lowest BCUT2D eigenvalue weighted by Crippen LogP contribution is -2.34. The third-order valence-corrected chi connectivity index (χ3v) is 6.85. The van der Waals surface area contributed by atoms with Crippen LogP contribution in [0.4, 0.5) is 5.69 Å². The Labute approximate surface area is 183 Å². The Morgan fingerprint density at radius 2 is 1.90 bits per heavy atom. The van der Waals surface area contributed by atoms with Gasteiger partial charge in [0.1, 0.15) is 5.75 Å². The summed E-state index contributed by atoms with van der Waals surface area (Å²) < 4.78 is 33.4. The van der Waals surface area contributed by atoms with E-state index in [1.807, 2.05) is 13.8 Å². The lowest BCUT2D eigenvalue weighted by molar-refractivity contribution is 0.0935. The summed E-state index contributed by atoms with van der Waals surface area (Å²) in [6.07, 6.45) is 3.01. The summed E-state index contributed by atoms with van der Waals surface area (Å²) in [5.74, 6) is 0.00176. The van der Waals surface area contributed by atoms with E-state index in [1.165, 1.54) is 35.7 Å². The summed E-state index contributed by atoms with van der Waals surface area (Å²) in [7, 11) is -2.55. The molecule has 30 heavy (non-hydrogen) atoms. The average Bonchev–Trinajstić information content (AvgIpc) is 2.75. The van der Waals surface area contributed by atoms with Crippen LogP contribution in [-0.2, 0) is 10.0 Å². The van der Waals surface area contributed by atoms with Crippen molar-refractivity contribution in [2.45, 2.75) is 37.6 Å². The van der Waals surface area contributed by atoms with Gasteiger partial charge in [-0.15, -0.1) is 6.58 Å². The Balaban J connectivity index is 2.52. The van der Waals surface area contributed by atoms with E-state index < -0.39 is 15.9 Å². The number of rotatable bonds is 10. The van der Waals surface area contributed by atoms with Crippen molar-refractivity contribution in [1.82, 2.24) is 5.32 Å². The number of ether oxygens (including phenoxy) is 1. The van der Waals surface area contributed by atoms with Gasteiger partial charge in [0.05, 0.1) is 34.8 Å². The number of anilines is 1. The van der Waals surface area contributed by atoms with Crippen LogP contribution in [0.15, 0.2) is 60.0 Å². The smallest absolute Gasteiger partial charge is 0.264 e. The fraction of sp³-hybridized carbons (Fsp3) is 0.318. The number of carbonyl (C=O) groups is 1. The first-order chi connectivity index (χ1) is 14.3. The first-order valence-electron chi connectivity index (χ1n) is 9.67. The molecule has 0 fully saturated rings. The number of halogens is 1. The van der Waals surface area contributed by atoms with Gasteiger partial charge in [-0.05, 0) is 43.2 Å². The second-order valence-electron chi connectivity index (χ2n) is 6.63. The van der Waals surface area contributed by atoms with Gasteiger partial charge in [-0.3, -0.25) is 9.10 Å². The van der Waals surface area contributed by atoms with E-state index in [1.54, 1.807) is 24.3 Å². The molecule has 2 aromatic carbocycles. The predicted molar refractivity (Wildman–Crippen MR) is 121 cm³/mol. The van der Waals surface area contributed by atoms with Crippen molar-refractivity contribution in [1.29, 1.82) is 0 Å². The fourth-order valence-corrected chi connectivity index (χ4v) is 4.68. The SMILES string of the molecule is C=CCN(c1ccccc1OC)S(=O)(=O)c1ccc(Cl)c(C(=O)NC(CC)CC)c1. The quantitative estimate of drug-likeness (QED) is 0.534. The molecule has 0 bridgehead atoms. The fourth-order valence-electron chi connectivity index (χ4n) is 3.00. The molecular weight excluding hydrogens is 424 g/mol. The van der Waals surface area contributed by atoms with Crippen LogP contribution in [0.25, 0.3) is 0 Å². The van der Waals surface area contributed by atoms with Gasteiger partial charge in [0.2, 0.25) is 0 Å². The number of carbonyl (C=O) groups excluding carboxylic acids is 1. The van der Waals surface area contributed by atoms with Crippen molar-refractivity contribution in [2.24, 2.45) is 0 Å². The molecule has 1 amide bonds. The zero-order valence-electron chi connectivity index (χ0n) is 17.4. The van der Waals surface area contributed by atoms with E-state index in [9.17, 15) is 13.2 Å². The van der Waals surface area contributed by atoms with Crippen LogP contribution in [0.1, 0.15) is 37.0 Å². The molecule has 162 valence electrons. The van der Waals surface area contributed by atoms with Crippen molar-refractivity contribution >= 4 is 33.2 Å². The standard InChI is InChI=1S/C22H27ClN2O4S/c1-5-14-25(20-10-8-9-11-21(20)29-4)30(27,28)17-12-13-19(23)18(15-17)22(26)24-16(6-2)7-3/h5,8-13,15-16H,1,6-7,14H2,2-4H3,(H,24,26). The molecule has 0 aromatic heterocycles. The molecule has 0 atom stereocenters. The molecule has 0 saturated heterocycles. The molecule has 2 rings (SSSR count). The number of para-hydroxylation sites is 2. The van der Waals surface area contributed by atoms with Gasteiger partial charge in [-0.2, -0.15) is 0 Å². The minimum Gasteiger partial charge on any atom is -0.495 e. The number of nitrogens with zero attached hydrogens (tertiary/aromatic N) is 1. The molecule has 0 aliphatic heterocycles. The number of amides is 1. The van der Waals surface area contributed by atoms with Gasteiger partial charge in [0.25, 0.3) is 15.9 Å². The van der Waals surface area contributed by atoms with E-state index in [-0.39, 0.29) is 28.1 Å². The Morgan fingerprint density at radius 3 is 2.50 bits per heavy atom. The third kappa shape index (κ3) is 5.15. The number of benzene rings is 2. The van der Waals surface area contributed by atoms with Crippen molar-refractivity contribution in [2.75, 3.05) is 18.0 Å². The van der Waals surface area contributed by atoms with Crippen molar-refractivity contribution in [3.8, 4) is 5.75 Å². The van der Waals surface area contributed by atoms with Gasteiger partial charge >= 0.3 is 0 Å². The molecule has 0 unspecified atom stereocenters. The van der Waals surface area contributed by atoms with Gasteiger partial charge < -0.3 is 10.1 Å². The second kappa shape index (κ2) is 10.5. The van der Waals surface area contributed by atoms with Crippen LogP contribution in [0.3, 0.4) is 0 Å². The highest BCUT2D eigenvalue weighted by atomic mass is 35.5. The average molecular weight is 451 g/mol. The number of hydrogen-bond acceptors (Lipinski definition) is 4. The Hall–Kier alpha value is -2.51. The van der Waals surface area contributed by atoms with E-state index >= 15 is 0 Å². The first-order valence-corrected chi connectivity index (χ1v) is 11.5. The predicted octanol–water partition coefficient (Wildman–Crippen LogP) is 4.65. The Bertz CT molecular complexity index is 1000. The molecule has 6 nitrogen and oxygen atoms in total. The van der Waals surface area contributed by atoms with Crippen molar-refractivity contribution in [3.63, 3.8) is 0 Å². The van der Waals surface area contributed by atoms with Crippen LogP contribution < -0.4 is 14.4 Å². The molecule has 0 saturated carbocycles. The minimum absolute atomic E-state index is 0.0142. The minimum atomic E-state index is -4.02. The van der Waals surface area contributed by atoms with E-state index in [2.05, 4.69) is 11.9 Å². The number of sulfonamides is 1. The largest absolute Gasteiger partial charge is 0.495 e. The van der Waals surface area contributed by atoms with E-state index in [4.69, 9.17) is 16.3 Å². The van der Waals surface area contributed by atoms with Crippen LogP contribution in [0.2, 0.25) is 5.02 Å². The van der Waals surface area contributed by atoms with E-state index in [0.717, 1.165) is 12.8 Å². The first kappa shape index (κ1) is 23.8. The maximum atomic E-state index is 13.5. The van der Waals surface area contributed by atoms with Crippen LogP contribution in [0, 0.1) is 0 Å². The van der Waals surface area contributed by atoms with Gasteiger partial charge in [-0.1, -0.05) is 43.7 Å². The molecule has 0 heterocycles. The monoisotopic (exact) mass is 450 g/mol. The third-order valence-electron chi connectivity index (χ3n) is 4.74. The molecule has 1 N–H and O–H groups in total. The molecule has 0 aliphatic rings. The number of hydrogen-bond donors (Lipinski definition) is 1. The van der Waals surface area contributed by atoms with Gasteiger partial charge in [0, 0.05) is 6.04 Å². The molecule has 0 spiro atoms. The van der Waals surface area contributed by atoms with Crippen LogP contribution in [0.5, 0.6) is 5.75 Å². The lowest BCUT2D eigenvalue weighted by Gasteiger charge is -2.25. The molecule has 8 heteroatoms. The zero-order chi connectivity index (χ0) is 22.3. The topological polar surface area (TPSA) is 75.7 Å². The molecule has 0 radical (unpaired) electrons.